The van der Waals surface area contributed by atoms with E-state index in [1.165, 1.54) is 18.4 Å². The maximum atomic E-state index is 12.6. The minimum atomic E-state index is 0.292. The summed E-state index contributed by atoms with van der Waals surface area (Å²) < 4.78 is 0. The van der Waals surface area contributed by atoms with Gasteiger partial charge in [0.25, 0.3) is 0 Å². The van der Waals surface area contributed by atoms with Gasteiger partial charge in [-0.25, -0.2) is 0 Å². The summed E-state index contributed by atoms with van der Waals surface area (Å²) in [6.07, 6.45) is 5.40. The van der Waals surface area contributed by atoms with Crippen LogP contribution in [0.25, 0.3) is 0 Å². The molecule has 0 atom stereocenters. The number of aryl methyl sites for hydroxylation is 1. The predicted octanol–water partition coefficient (Wildman–Crippen LogP) is 3.09. The Hall–Kier alpha value is -1.35. The van der Waals surface area contributed by atoms with E-state index in [-0.39, 0.29) is 0 Å². The van der Waals surface area contributed by atoms with Gasteiger partial charge in [0.2, 0.25) is 5.91 Å². The Morgan fingerprint density at radius 3 is 2.76 bits per heavy atom. The van der Waals surface area contributed by atoms with Crippen LogP contribution in [0.2, 0.25) is 0 Å². The number of benzene rings is 1. The Bertz CT molecular complexity index is 492. The van der Waals surface area contributed by atoms with Crippen LogP contribution in [0, 0.1) is 5.92 Å². The molecule has 1 amide bonds. The molecule has 0 unspecified atom stereocenters. The van der Waals surface area contributed by atoms with Crippen molar-refractivity contribution in [1.82, 2.24) is 4.90 Å². The average molecular weight is 286 g/mol. The molecule has 0 radical (unpaired) electrons. The second-order valence-corrected chi connectivity index (χ2v) is 6.55. The molecule has 0 spiro atoms. The second-order valence-electron chi connectivity index (χ2n) is 6.55. The number of nitrogens with zero attached hydrogens (tertiary/aromatic N) is 2. The fourth-order valence-corrected chi connectivity index (χ4v) is 3.47. The van der Waals surface area contributed by atoms with E-state index in [1.54, 1.807) is 0 Å². The Kier molecular flexibility index (Phi) is 4.59. The highest BCUT2D eigenvalue weighted by Gasteiger charge is 2.23. The van der Waals surface area contributed by atoms with Crippen LogP contribution < -0.4 is 4.90 Å². The molecule has 2 aliphatic heterocycles. The van der Waals surface area contributed by atoms with E-state index in [4.69, 9.17) is 0 Å². The lowest BCUT2D eigenvalue weighted by Crippen LogP contribution is -2.39. The maximum absolute atomic E-state index is 12.6. The molecule has 1 fully saturated rings. The van der Waals surface area contributed by atoms with Crippen LogP contribution in [0.1, 0.15) is 38.2 Å². The lowest BCUT2D eigenvalue weighted by molar-refractivity contribution is -0.119. The van der Waals surface area contributed by atoms with Crippen LogP contribution in [-0.4, -0.2) is 37.0 Å². The van der Waals surface area contributed by atoms with Crippen molar-refractivity contribution < 1.29 is 4.79 Å². The first-order valence-corrected chi connectivity index (χ1v) is 8.34. The van der Waals surface area contributed by atoms with Gasteiger partial charge in [-0.1, -0.05) is 25.1 Å². The number of amides is 1. The summed E-state index contributed by atoms with van der Waals surface area (Å²) >= 11 is 0. The summed E-state index contributed by atoms with van der Waals surface area (Å²) in [4.78, 5) is 17.0. The molecule has 1 saturated heterocycles. The Balaban J connectivity index is 1.57. The zero-order valence-electron chi connectivity index (χ0n) is 13.1. The second kappa shape index (κ2) is 6.61. The summed E-state index contributed by atoms with van der Waals surface area (Å²) in [6.45, 7) is 6.44. The van der Waals surface area contributed by atoms with E-state index >= 15 is 0 Å². The minimum Gasteiger partial charge on any atom is -0.312 e. The summed E-state index contributed by atoms with van der Waals surface area (Å²) in [5.74, 6) is 1.15. The molecule has 1 aromatic rings. The van der Waals surface area contributed by atoms with E-state index in [9.17, 15) is 4.79 Å². The van der Waals surface area contributed by atoms with Crippen LogP contribution in [-0.2, 0) is 11.2 Å². The first-order valence-electron chi connectivity index (χ1n) is 8.34. The largest absolute Gasteiger partial charge is 0.312 e. The topological polar surface area (TPSA) is 23.6 Å². The van der Waals surface area contributed by atoms with E-state index in [2.05, 4.69) is 30.0 Å². The SMILES string of the molecule is CC1CCN(CCC(=O)N2CCCc3ccccc32)CC1. The molecule has 1 aromatic carbocycles. The van der Waals surface area contributed by atoms with E-state index < -0.39 is 0 Å². The molecule has 2 heterocycles. The number of carbonyl (C=O) groups excluding carboxylic acids is 1. The van der Waals surface area contributed by atoms with Gasteiger partial charge in [0.15, 0.2) is 0 Å². The molecule has 114 valence electrons. The molecule has 21 heavy (non-hydrogen) atoms. The van der Waals surface area contributed by atoms with E-state index in [1.807, 2.05) is 11.0 Å². The monoisotopic (exact) mass is 286 g/mol. The number of fused-ring (bicyclic) bond motifs is 1. The molecule has 3 rings (SSSR count). The number of rotatable bonds is 3. The third kappa shape index (κ3) is 3.46. The highest BCUT2D eigenvalue weighted by molar-refractivity contribution is 5.94. The van der Waals surface area contributed by atoms with Gasteiger partial charge in [0, 0.05) is 25.2 Å². The molecule has 3 heteroatoms. The number of piperidine rings is 1. The van der Waals surface area contributed by atoms with Crippen LogP contribution >= 0.6 is 0 Å². The van der Waals surface area contributed by atoms with Crippen LogP contribution in [0.3, 0.4) is 0 Å². The number of carbonyl (C=O) groups is 1. The van der Waals surface area contributed by atoms with E-state index in [0.29, 0.717) is 12.3 Å². The standard InChI is InChI=1S/C18H26N2O/c1-15-8-12-19(13-9-15)14-10-18(21)20-11-4-6-16-5-2-3-7-17(16)20/h2-3,5,7,15H,4,6,8-14H2,1H3. The van der Waals surface area contributed by atoms with Gasteiger partial charge in [-0.15, -0.1) is 0 Å². The number of hydrogen-bond donors (Lipinski definition) is 0. The first-order chi connectivity index (χ1) is 10.2. The Morgan fingerprint density at radius 1 is 1.19 bits per heavy atom. The first kappa shape index (κ1) is 14.6. The van der Waals surface area contributed by atoms with Gasteiger partial charge in [-0.3, -0.25) is 4.79 Å². The third-order valence-electron chi connectivity index (χ3n) is 4.93. The number of anilines is 1. The molecule has 0 saturated carbocycles. The summed E-state index contributed by atoms with van der Waals surface area (Å²) in [5, 5.41) is 0. The van der Waals surface area contributed by atoms with Crippen LogP contribution in [0.15, 0.2) is 24.3 Å². The fraction of sp³-hybridized carbons (Fsp3) is 0.611. The zero-order chi connectivity index (χ0) is 14.7. The average Bonchev–Trinajstić information content (AvgIpc) is 2.53. The van der Waals surface area contributed by atoms with Crippen molar-refractivity contribution >= 4 is 11.6 Å². The summed E-state index contributed by atoms with van der Waals surface area (Å²) in [5.41, 5.74) is 2.46. The highest BCUT2D eigenvalue weighted by Crippen LogP contribution is 2.27. The predicted molar refractivity (Wildman–Crippen MR) is 86.6 cm³/mol. The molecule has 0 aromatic heterocycles. The third-order valence-corrected chi connectivity index (χ3v) is 4.93. The summed E-state index contributed by atoms with van der Waals surface area (Å²) in [7, 11) is 0. The van der Waals surface area contributed by atoms with Gasteiger partial charge in [0.1, 0.15) is 0 Å². The van der Waals surface area contributed by atoms with Crippen LogP contribution in [0.5, 0.6) is 0 Å². The minimum absolute atomic E-state index is 0.292. The van der Waals surface area contributed by atoms with Gasteiger partial charge >= 0.3 is 0 Å². The van der Waals surface area contributed by atoms with E-state index in [0.717, 1.165) is 50.6 Å². The van der Waals surface area contributed by atoms with Gasteiger partial charge < -0.3 is 9.80 Å². The Morgan fingerprint density at radius 2 is 1.95 bits per heavy atom. The molecule has 0 bridgehead atoms. The van der Waals surface area contributed by atoms with Gasteiger partial charge in [0.05, 0.1) is 0 Å². The normalized spacial score (nSPS) is 20.3. The fourth-order valence-electron chi connectivity index (χ4n) is 3.47. The Labute approximate surface area is 127 Å². The van der Waals surface area contributed by atoms with Gasteiger partial charge in [-0.05, 0) is 56.3 Å². The van der Waals surface area contributed by atoms with Crippen molar-refractivity contribution in [2.24, 2.45) is 5.92 Å². The number of likely N-dealkylation sites (tertiary alicyclic amines) is 1. The number of hydrogen-bond acceptors (Lipinski definition) is 2. The number of para-hydroxylation sites is 1. The quantitative estimate of drug-likeness (QED) is 0.852. The lowest BCUT2D eigenvalue weighted by Gasteiger charge is -2.32. The summed E-state index contributed by atoms with van der Waals surface area (Å²) in [6, 6.07) is 8.36. The smallest absolute Gasteiger partial charge is 0.228 e. The highest BCUT2D eigenvalue weighted by atomic mass is 16.2. The molecular formula is C18H26N2O. The van der Waals surface area contributed by atoms with Crippen LogP contribution in [0.4, 0.5) is 5.69 Å². The lowest BCUT2D eigenvalue weighted by atomic mass is 9.99. The van der Waals surface area contributed by atoms with Crippen molar-refractivity contribution in [3.05, 3.63) is 29.8 Å². The van der Waals surface area contributed by atoms with Crippen molar-refractivity contribution in [2.45, 2.75) is 39.0 Å². The van der Waals surface area contributed by atoms with Crippen molar-refractivity contribution in [1.29, 1.82) is 0 Å². The molecule has 0 aliphatic carbocycles. The molecule has 2 aliphatic rings. The molecular weight excluding hydrogens is 260 g/mol. The van der Waals surface area contributed by atoms with Gasteiger partial charge in [-0.2, -0.15) is 0 Å². The molecule has 0 N–H and O–H groups in total. The van der Waals surface area contributed by atoms with Crippen molar-refractivity contribution in [3.8, 4) is 0 Å². The maximum Gasteiger partial charge on any atom is 0.228 e. The molecule has 3 nitrogen and oxygen atoms in total. The zero-order valence-corrected chi connectivity index (χ0v) is 13.1. The van der Waals surface area contributed by atoms with Crippen molar-refractivity contribution in [3.63, 3.8) is 0 Å². The van der Waals surface area contributed by atoms with Crippen molar-refractivity contribution in [2.75, 3.05) is 31.1 Å².